The maximum atomic E-state index is 6.21. The van der Waals surface area contributed by atoms with Crippen LogP contribution in [0.5, 0.6) is 0 Å². The summed E-state index contributed by atoms with van der Waals surface area (Å²) >= 11 is 6.21. The van der Waals surface area contributed by atoms with E-state index in [1.165, 1.54) is 17.5 Å². The Morgan fingerprint density at radius 1 is 1.21 bits per heavy atom. The van der Waals surface area contributed by atoms with Crippen molar-refractivity contribution in [2.24, 2.45) is 5.41 Å². The highest BCUT2D eigenvalue weighted by Gasteiger charge is 2.32. The normalized spacial score (nSPS) is 24.4. The highest BCUT2D eigenvalue weighted by atomic mass is 35.5. The fourth-order valence-electron chi connectivity index (χ4n) is 2.76. The smallest absolute Gasteiger partial charge is 0.0537 e. The first-order chi connectivity index (χ1) is 8.95. The van der Waals surface area contributed by atoms with Crippen molar-refractivity contribution in [3.05, 3.63) is 35.4 Å². The van der Waals surface area contributed by atoms with E-state index in [0.29, 0.717) is 5.88 Å². The monoisotopic (exact) mass is 280 g/mol. The van der Waals surface area contributed by atoms with Gasteiger partial charge in [0.1, 0.15) is 0 Å². The lowest BCUT2D eigenvalue weighted by Gasteiger charge is -2.35. The molecule has 2 rings (SSSR count). The van der Waals surface area contributed by atoms with Crippen LogP contribution in [-0.4, -0.2) is 19.1 Å². The Morgan fingerprint density at radius 3 is 2.37 bits per heavy atom. The molecule has 1 saturated heterocycles. The van der Waals surface area contributed by atoms with Crippen molar-refractivity contribution in [2.45, 2.75) is 45.4 Å². The Bertz CT molecular complexity index is 396. The van der Waals surface area contributed by atoms with E-state index >= 15 is 0 Å². The van der Waals surface area contributed by atoms with Crippen molar-refractivity contribution in [1.29, 1.82) is 0 Å². The molecule has 106 valence electrons. The van der Waals surface area contributed by atoms with Crippen LogP contribution < -0.4 is 0 Å². The fourth-order valence-corrected chi connectivity index (χ4v) is 3.06. The Morgan fingerprint density at radius 2 is 1.89 bits per heavy atom. The van der Waals surface area contributed by atoms with Crippen molar-refractivity contribution >= 4 is 11.6 Å². The number of ether oxygens (including phenoxy) is 1. The minimum absolute atomic E-state index is 0.142. The molecule has 0 N–H and O–H groups in total. The summed E-state index contributed by atoms with van der Waals surface area (Å²) in [4.78, 5) is 0. The standard InChI is InChI=1S/C17H25ClO/c1-16(2,3)15-7-5-14(6-8-15)11-17(12-18)9-4-10-19-13-17/h5-8H,4,9-13H2,1-3H3. The first-order valence-corrected chi connectivity index (χ1v) is 7.72. The summed E-state index contributed by atoms with van der Waals surface area (Å²) < 4.78 is 5.64. The van der Waals surface area contributed by atoms with Gasteiger partial charge in [-0.15, -0.1) is 11.6 Å². The van der Waals surface area contributed by atoms with Gasteiger partial charge in [0.2, 0.25) is 0 Å². The lowest BCUT2D eigenvalue weighted by Crippen LogP contribution is -2.35. The van der Waals surface area contributed by atoms with Gasteiger partial charge in [0.05, 0.1) is 6.61 Å². The molecule has 1 aliphatic heterocycles. The lowest BCUT2D eigenvalue weighted by molar-refractivity contribution is 0.00477. The minimum atomic E-state index is 0.142. The first-order valence-electron chi connectivity index (χ1n) is 7.18. The largest absolute Gasteiger partial charge is 0.381 e. The van der Waals surface area contributed by atoms with Gasteiger partial charge >= 0.3 is 0 Å². The van der Waals surface area contributed by atoms with Crippen LogP contribution in [0.15, 0.2) is 24.3 Å². The molecule has 1 unspecified atom stereocenters. The molecule has 1 aromatic carbocycles. The number of alkyl halides is 1. The van der Waals surface area contributed by atoms with Gasteiger partial charge in [-0.05, 0) is 35.8 Å². The SMILES string of the molecule is CC(C)(C)c1ccc(CC2(CCl)CCCOC2)cc1. The number of benzene rings is 1. The second-order valence-corrected chi connectivity index (χ2v) is 7.18. The molecule has 0 aliphatic carbocycles. The Hall–Kier alpha value is -0.530. The molecule has 1 aliphatic rings. The van der Waals surface area contributed by atoms with Crippen molar-refractivity contribution in [1.82, 2.24) is 0 Å². The Labute approximate surface area is 122 Å². The molecule has 1 aromatic rings. The van der Waals surface area contributed by atoms with E-state index in [1.54, 1.807) is 0 Å². The molecule has 1 heterocycles. The zero-order valence-electron chi connectivity index (χ0n) is 12.3. The van der Waals surface area contributed by atoms with Crippen LogP contribution in [0.4, 0.5) is 0 Å². The zero-order valence-corrected chi connectivity index (χ0v) is 13.1. The average Bonchev–Trinajstić information content (AvgIpc) is 2.39. The van der Waals surface area contributed by atoms with Gasteiger partial charge < -0.3 is 4.74 Å². The van der Waals surface area contributed by atoms with Gasteiger partial charge in [-0.1, -0.05) is 45.0 Å². The van der Waals surface area contributed by atoms with E-state index < -0.39 is 0 Å². The molecule has 1 atom stereocenters. The van der Waals surface area contributed by atoms with E-state index in [4.69, 9.17) is 16.3 Å². The van der Waals surface area contributed by atoms with Gasteiger partial charge in [0.25, 0.3) is 0 Å². The summed E-state index contributed by atoms with van der Waals surface area (Å²) in [5.74, 6) is 0.689. The van der Waals surface area contributed by atoms with Crippen molar-refractivity contribution in [3.8, 4) is 0 Å². The van der Waals surface area contributed by atoms with E-state index in [-0.39, 0.29) is 10.8 Å². The third-order valence-electron chi connectivity index (χ3n) is 4.09. The fraction of sp³-hybridized carbons (Fsp3) is 0.647. The summed E-state index contributed by atoms with van der Waals surface area (Å²) in [5.41, 5.74) is 3.12. The highest BCUT2D eigenvalue weighted by molar-refractivity contribution is 6.18. The third-order valence-corrected chi connectivity index (χ3v) is 4.65. The maximum absolute atomic E-state index is 6.21. The van der Waals surface area contributed by atoms with Gasteiger partial charge in [0, 0.05) is 17.9 Å². The number of halogens is 1. The van der Waals surface area contributed by atoms with Crippen LogP contribution in [0.25, 0.3) is 0 Å². The molecule has 2 heteroatoms. The zero-order chi connectivity index (χ0) is 13.9. The van der Waals surface area contributed by atoms with Crippen molar-refractivity contribution < 1.29 is 4.74 Å². The minimum Gasteiger partial charge on any atom is -0.381 e. The summed E-state index contributed by atoms with van der Waals surface area (Å²) in [5, 5.41) is 0. The van der Waals surface area contributed by atoms with Gasteiger partial charge in [-0.3, -0.25) is 0 Å². The summed E-state index contributed by atoms with van der Waals surface area (Å²) in [7, 11) is 0. The molecule has 1 nitrogen and oxygen atoms in total. The van der Waals surface area contributed by atoms with E-state index in [2.05, 4.69) is 45.0 Å². The average molecular weight is 281 g/mol. The molecule has 0 radical (unpaired) electrons. The topological polar surface area (TPSA) is 9.23 Å². The van der Waals surface area contributed by atoms with Crippen LogP contribution in [0.2, 0.25) is 0 Å². The van der Waals surface area contributed by atoms with Crippen LogP contribution in [0.3, 0.4) is 0 Å². The van der Waals surface area contributed by atoms with E-state index in [9.17, 15) is 0 Å². The third kappa shape index (κ3) is 3.73. The predicted octanol–water partition coefficient (Wildman–Crippen LogP) is 4.56. The first kappa shape index (κ1) is 14.9. The summed E-state index contributed by atoms with van der Waals surface area (Å²) in [6.45, 7) is 8.44. The van der Waals surface area contributed by atoms with Gasteiger partial charge in [0.15, 0.2) is 0 Å². The van der Waals surface area contributed by atoms with Crippen molar-refractivity contribution in [3.63, 3.8) is 0 Å². The Balaban J connectivity index is 2.10. The van der Waals surface area contributed by atoms with Gasteiger partial charge in [-0.25, -0.2) is 0 Å². The predicted molar refractivity (Wildman–Crippen MR) is 82.1 cm³/mol. The number of hydrogen-bond acceptors (Lipinski definition) is 1. The molecule has 1 fully saturated rings. The summed E-state index contributed by atoms with van der Waals surface area (Å²) in [6.07, 6.45) is 3.34. The van der Waals surface area contributed by atoms with Crippen LogP contribution in [0, 0.1) is 5.41 Å². The lowest BCUT2D eigenvalue weighted by atomic mass is 9.78. The molecule has 19 heavy (non-hydrogen) atoms. The highest BCUT2D eigenvalue weighted by Crippen LogP contribution is 2.34. The molecule has 0 bridgehead atoms. The summed E-state index contributed by atoms with van der Waals surface area (Å²) in [6, 6.07) is 9.01. The molecular weight excluding hydrogens is 256 g/mol. The van der Waals surface area contributed by atoms with Crippen LogP contribution in [0.1, 0.15) is 44.7 Å². The quantitative estimate of drug-likeness (QED) is 0.738. The molecule has 0 spiro atoms. The van der Waals surface area contributed by atoms with Crippen molar-refractivity contribution in [2.75, 3.05) is 19.1 Å². The number of rotatable bonds is 3. The van der Waals surface area contributed by atoms with E-state index in [0.717, 1.165) is 26.1 Å². The van der Waals surface area contributed by atoms with Crippen LogP contribution in [-0.2, 0) is 16.6 Å². The molecule has 0 saturated carbocycles. The maximum Gasteiger partial charge on any atom is 0.0537 e. The van der Waals surface area contributed by atoms with Gasteiger partial charge in [-0.2, -0.15) is 0 Å². The number of hydrogen-bond donors (Lipinski definition) is 0. The molecular formula is C17H25ClO. The Kier molecular flexibility index (Phi) is 4.58. The van der Waals surface area contributed by atoms with E-state index in [1.807, 2.05) is 0 Å². The molecule has 0 amide bonds. The second-order valence-electron chi connectivity index (χ2n) is 6.91. The van der Waals surface area contributed by atoms with Crippen LogP contribution >= 0.6 is 11.6 Å². The second kappa shape index (κ2) is 5.85. The molecule has 0 aromatic heterocycles.